The summed E-state index contributed by atoms with van der Waals surface area (Å²) in [6.45, 7) is 0. The molecule has 1 aliphatic rings. The number of ether oxygens (including phenoxy) is 1. The Kier molecular flexibility index (Phi) is 2.51. The summed E-state index contributed by atoms with van der Waals surface area (Å²) in [6.07, 6.45) is 2.09. The molecule has 21 heavy (non-hydrogen) atoms. The van der Waals surface area contributed by atoms with Crippen LogP contribution in [0.4, 0.5) is 0 Å². The van der Waals surface area contributed by atoms with Gasteiger partial charge in [0.2, 0.25) is 5.82 Å². The number of H-pyrrole nitrogens is 1. The lowest BCUT2D eigenvalue weighted by atomic mass is 10.1. The first-order chi connectivity index (χ1) is 10.3. The molecule has 0 spiro atoms. The van der Waals surface area contributed by atoms with E-state index in [9.17, 15) is 0 Å². The smallest absolute Gasteiger partial charge is 0.274 e. The SMILES string of the molecule is N#Cc1c[nH]c(-c2nc(C3Cc4ccccc4O3)no2)c1. The van der Waals surface area contributed by atoms with Crippen molar-refractivity contribution < 1.29 is 9.26 Å². The fourth-order valence-electron chi connectivity index (χ4n) is 2.38. The number of nitrogens with one attached hydrogen (secondary N) is 1. The first-order valence-corrected chi connectivity index (χ1v) is 6.50. The van der Waals surface area contributed by atoms with Crippen molar-refractivity contribution in [2.45, 2.75) is 12.5 Å². The van der Waals surface area contributed by atoms with E-state index in [2.05, 4.69) is 15.1 Å². The van der Waals surface area contributed by atoms with Crippen LogP contribution in [0.3, 0.4) is 0 Å². The third-order valence-electron chi connectivity index (χ3n) is 3.42. The Morgan fingerprint density at radius 1 is 1.33 bits per heavy atom. The van der Waals surface area contributed by atoms with Crippen LogP contribution in [0, 0.1) is 11.3 Å². The molecule has 0 saturated carbocycles. The molecule has 0 saturated heterocycles. The average molecular weight is 278 g/mol. The van der Waals surface area contributed by atoms with Gasteiger partial charge in [-0.05, 0) is 17.7 Å². The van der Waals surface area contributed by atoms with Crippen LogP contribution in [0.1, 0.15) is 23.1 Å². The zero-order valence-electron chi connectivity index (χ0n) is 10.9. The van der Waals surface area contributed by atoms with E-state index >= 15 is 0 Å². The van der Waals surface area contributed by atoms with Crippen LogP contribution in [0.2, 0.25) is 0 Å². The van der Waals surface area contributed by atoms with Crippen molar-refractivity contribution in [2.24, 2.45) is 0 Å². The standard InChI is InChI=1S/C15H10N4O2/c16-7-9-5-11(17-8-9)15-18-14(19-21-15)13-6-10-3-1-2-4-12(10)20-13/h1-5,8,13,17H,6H2. The number of fused-ring (bicyclic) bond motifs is 1. The fourth-order valence-corrected chi connectivity index (χ4v) is 2.38. The van der Waals surface area contributed by atoms with Crippen LogP contribution in [0.15, 0.2) is 41.1 Å². The number of nitrogens with zero attached hydrogens (tertiary/aromatic N) is 3. The first kappa shape index (κ1) is 11.7. The molecule has 1 atom stereocenters. The monoisotopic (exact) mass is 278 g/mol. The van der Waals surface area contributed by atoms with E-state index in [1.807, 2.05) is 30.3 Å². The van der Waals surface area contributed by atoms with E-state index in [1.54, 1.807) is 12.3 Å². The van der Waals surface area contributed by atoms with Crippen molar-refractivity contribution >= 4 is 0 Å². The van der Waals surface area contributed by atoms with Gasteiger partial charge in [0.1, 0.15) is 17.5 Å². The van der Waals surface area contributed by atoms with Gasteiger partial charge in [-0.2, -0.15) is 10.2 Å². The number of benzene rings is 1. The van der Waals surface area contributed by atoms with E-state index in [-0.39, 0.29) is 6.10 Å². The molecule has 0 aliphatic carbocycles. The molecule has 6 nitrogen and oxygen atoms in total. The average Bonchev–Trinajstić information content (AvgIpc) is 3.24. The Labute approximate surface area is 120 Å². The quantitative estimate of drug-likeness (QED) is 0.778. The number of nitriles is 1. The van der Waals surface area contributed by atoms with E-state index in [0.29, 0.717) is 23.0 Å². The van der Waals surface area contributed by atoms with Gasteiger partial charge in [-0.15, -0.1) is 0 Å². The van der Waals surface area contributed by atoms with Crippen LogP contribution in [0.25, 0.3) is 11.6 Å². The normalized spacial score (nSPS) is 16.2. The summed E-state index contributed by atoms with van der Waals surface area (Å²) < 4.78 is 11.1. The van der Waals surface area contributed by atoms with Crippen LogP contribution < -0.4 is 4.74 Å². The maximum atomic E-state index is 8.82. The molecule has 4 rings (SSSR count). The van der Waals surface area contributed by atoms with Gasteiger partial charge < -0.3 is 14.2 Å². The van der Waals surface area contributed by atoms with E-state index in [4.69, 9.17) is 14.5 Å². The van der Waals surface area contributed by atoms with Crippen molar-refractivity contribution in [3.8, 4) is 23.4 Å². The molecule has 6 heteroatoms. The van der Waals surface area contributed by atoms with Crippen molar-refractivity contribution in [2.75, 3.05) is 0 Å². The van der Waals surface area contributed by atoms with Crippen LogP contribution in [0.5, 0.6) is 5.75 Å². The molecule has 3 aromatic rings. The molecular weight excluding hydrogens is 268 g/mol. The van der Waals surface area contributed by atoms with Crippen molar-refractivity contribution in [3.05, 3.63) is 53.5 Å². The number of para-hydroxylation sites is 1. The van der Waals surface area contributed by atoms with Gasteiger partial charge in [-0.3, -0.25) is 0 Å². The number of rotatable bonds is 2. The Morgan fingerprint density at radius 3 is 3.05 bits per heavy atom. The second kappa shape index (κ2) is 4.49. The Morgan fingerprint density at radius 2 is 2.24 bits per heavy atom. The minimum atomic E-state index is -0.231. The van der Waals surface area contributed by atoms with Crippen LogP contribution in [-0.2, 0) is 6.42 Å². The summed E-state index contributed by atoms with van der Waals surface area (Å²) in [5, 5.41) is 12.8. The highest BCUT2D eigenvalue weighted by molar-refractivity contribution is 5.51. The molecule has 1 aliphatic heterocycles. The Hall–Kier alpha value is -3.07. The highest BCUT2D eigenvalue weighted by Crippen LogP contribution is 2.35. The number of hydrogen-bond acceptors (Lipinski definition) is 5. The lowest BCUT2D eigenvalue weighted by Gasteiger charge is -2.04. The molecule has 102 valence electrons. The summed E-state index contributed by atoms with van der Waals surface area (Å²) in [6, 6.07) is 11.6. The molecule has 0 radical (unpaired) electrons. The summed E-state index contributed by atoms with van der Waals surface area (Å²) in [5.74, 6) is 1.72. The highest BCUT2D eigenvalue weighted by atomic mass is 16.5. The summed E-state index contributed by atoms with van der Waals surface area (Å²) >= 11 is 0. The molecule has 0 fully saturated rings. The van der Waals surface area contributed by atoms with Crippen molar-refractivity contribution in [1.29, 1.82) is 5.26 Å². The molecule has 0 amide bonds. The topological polar surface area (TPSA) is 87.7 Å². The summed E-state index contributed by atoms with van der Waals surface area (Å²) in [4.78, 5) is 7.28. The lowest BCUT2D eigenvalue weighted by molar-refractivity contribution is 0.221. The van der Waals surface area contributed by atoms with Crippen molar-refractivity contribution in [3.63, 3.8) is 0 Å². The second-order valence-corrected chi connectivity index (χ2v) is 4.79. The highest BCUT2D eigenvalue weighted by Gasteiger charge is 2.28. The largest absolute Gasteiger partial charge is 0.482 e. The molecular formula is C15H10N4O2. The van der Waals surface area contributed by atoms with E-state index in [1.165, 1.54) is 0 Å². The minimum Gasteiger partial charge on any atom is -0.482 e. The third kappa shape index (κ3) is 1.96. The zero-order chi connectivity index (χ0) is 14.2. The Bertz CT molecular complexity index is 818. The van der Waals surface area contributed by atoms with Gasteiger partial charge in [0.15, 0.2) is 6.10 Å². The van der Waals surface area contributed by atoms with Gasteiger partial charge in [0, 0.05) is 12.6 Å². The lowest BCUT2D eigenvalue weighted by Crippen LogP contribution is -2.05. The van der Waals surface area contributed by atoms with Gasteiger partial charge in [-0.25, -0.2) is 0 Å². The number of aromatic amines is 1. The second-order valence-electron chi connectivity index (χ2n) is 4.79. The van der Waals surface area contributed by atoms with Crippen molar-refractivity contribution in [1.82, 2.24) is 15.1 Å². The zero-order valence-corrected chi connectivity index (χ0v) is 10.9. The first-order valence-electron chi connectivity index (χ1n) is 6.50. The fraction of sp³-hybridized carbons (Fsp3) is 0.133. The van der Waals surface area contributed by atoms with E-state index < -0.39 is 0 Å². The van der Waals surface area contributed by atoms with Gasteiger partial charge in [-0.1, -0.05) is 23.4 Å². The molecule has 1 N–H and O–H groups in total. The molecule has 3 heterocycles. The minimum absolute atomic E-state index is 0.231. The van der Waals surface area contributed by atoms with Gasteiger partial charge in [0.05, 0.1) is 5.56 Å². The summed E-state index contributed by atoms with van der Waals surface area (Å²) in [5.41, 5.74) is 2.29. The van der Waals surface area contributed by atoms with E-state index in [0.717, 1.165) is 17.7 Å². The van der Waals surface area contributed by atoms with Crippen LogP contribution >= 0.6 is 0 Å². The maximum absolute atomic E-state index is 8.82. The molecule has 1 unspecified atom stereocenters. The number of aromatic nitrogens is 3. The molecule has 0 bridgehead atoms. The third-order valence-corrected chi connectivity index (χ3v) is 3.42. The number of hydrogen-bond donors (Lipinski definition) is 1. The maximum Gasteiger partial charge on any atom is 0.274 e. The predicted molar refractivity (Wildman–Crippen MR) is 72.3 cm³/mol. The van der Waals surface area contributed by atoms with Gasteiger partial charge in [0.25, 0.3) is 5.89 Å². The molecule has 1 aromatic carbocycles. The summed E-state index contributed by atoms with van der Waals surface area (Å²) in [7, 11) is 0. The Balaban J connectivity index is 1.60. The predicted octanol–water partition coefficient (Wildman–Crippen LogP) is 2.61. The van der Waals surface area contributed by atoms with Gasteiger partial charge >= 0.3 is 0 Å². The van der Waals surface area contributed by atoms with Crippen LogP contribution in [-0.4, -0.2) is 15.1 Å². The molecule has 2 aromatic heterocycles.